The highest BCUT2D eigenvalue weighted by Crippen LogP contribution is 2.36. The molecule has 0 fully saturated rings. The van der Waals surface area contributed by atoms with Crippen LogP contribution < -0.4 is 0 Å². The molecule has 2 N–H and O–H groups in total. The van der Waals surface area contributed by atoms with Crippen molar-refractivity contribution in [1.29, 1.82) is 0 Å². The molecule has 22 heavy (non-hydrogen) atoms. The van der Waals surface area contributed by atoms with E-state index in [9.17, 15) is 15.0 Å². The molecule has 6 heteroatoms. The van der Waals surface area contributed by atoms with Crippen LogP contribution in [-0.2, 0) is 14.0 Å². The smallest absolute Gasteiger partial charge is 0.330 e. The largest absolute Gasteiger partial charge is 0.463 e. The van der Waals surface area contributed by atoms with E-state index in [0.29, 0.717) is 13.0 Å². The van der Waals surface area contributed by atoms with Crippen LogP contribution >= 0.6 is 0 Å². The van der Waals surface area contributed by atoms with Gasteiger partial charge in [0.2, 0.25) is 0 Å². The summed E-state index contributed by atoms with van der Waals surface area (Å²) >= 11 is 0. The lowest BCUT2D eigenvalue weighted by Gasteiger charge is -2.36. The maximum Gasteiger partial charge on any atom is 0.330 e. The zero-order valence-corrected chi connectivity index (χ0v) is 15.8. The second-order valence-electron chi connectivity index (χ2n) is 7.00. The molecule has 0 aliphatic heterocycles. The van der Waals surface area contributed by atoms with E-state index in [2.05, 4.69) is 33.9 Å². The van der Waals surface area contributed by atoms with Gasteiger partial charge >= 0.3 is 5.97 Å². The fraction of sp³-hybridized carbons (Fsp3) is 0.812. The van der Waals surface area contributed by atoms with Gasteiger partial charge in [-0.15, -0.1) is 0 Å². The Morgan fingerprint density at radius 3 is 2.32 bits per heavy atom. The van der Waals surface area contributed by atoms with Gasteiger partial charge in [-0.3, -0.25) is 0 Å². The Kier molecular flexibility index (Phi) is 9.15. The molecule has 0 aliphatic carbocycles. The molecule has 0 amide bonds. The molecule has 0 heterocycles. The summed E-state index contributed by atoms with van der Waals surface area (Å²) in [6.07, 6.45) is 1.97. The Bertz CT molecular complexity index is 360. The number of rotatable bonds is 9. The van der Waals surface area contributed by atoms with Crippen LogP contribution in [0.25, 0.3) is 0 Å². The molecule has 0 radical (unpaired) electrons. The molecule has 5 nitrogen and oxygen atoms in total. The van der Waals surface area contributed by atoms with E-state index >= 15 is 0 Å². The first-order valence-corrected chi connectivity index (χ1v) is 10.7. The average molecular weight is 333 g/mol. The number of hydrogen-bond acceptors (Lipinski definition) is 5. The van der Waals surface area contributed by atoms with Crippen molar-refractivity contribution in [3.63, 3.8) is 0 Å². The molecule has 0 aromatic heterocycles. The minimum Gasteiger partial charge on any atom is -0.463 e. The lowest BCUT2D eigenvalue weighted by Crippen LogP contribution is -2.43. The summed E-state index contributed by atoms with van der Waals surface area (Å²) in [5, 5.41) is 19.9. The predicted molar refractivity (Wildman–Crippen MR) is 90.2 cm³/mol. The third kappa shape index (κ3) is 8.68. The Hall–Kier alpha value is -0.693. The molecule has 0 aromatic rings. The Labute approximate surface area is 135 Å². The summed E-state index contributed by atoms with van der Waals surface area (Å²) in [6.45, 7) is 13.0. The van der Waals surface area contributed by atoms with Crippen molar-refractivity contribution in [2.75, 3.05) is 13.2 Å². The second kappa shape index (κ2) is 9.45. The number of carbonyl (C=O) groups excluding carboxylic acids is 1. The number of esters is 1. The molecule has 130 valence electrons. The topological polar surface area (TPSA) is 76.0 Å². The Morgan fingerprint density at radius 1 is 1.23 bits per heavy atom. The van der Waals surface area contributed by atoms with E-state index in [1.807, 2.05) is 0 Å². The summed E-state index contributed by atoms with van der Waals surface area (Å²) in [5.74, 6) is -0.420. The SMILES string of the molecule is CCOC(=O)/C=C/CC(O)CC(O)CO[Si](C)(C)C(C)(C)C. The quantitative estimate of drug-likeness (QED) is 0.386. The zero-order chi connectivity index (χ0) is 17.4. The lowest BCUT2D eigenvalue weighted by atomic mass is 10.1. The fourth-order valence-electron chi connectivity index (χ4n) is 1.51. The third-order valence-electron chi connectivity index (χ3n) is 3.94. The van der Waals surface area contributed by atoms with Crippen LogP contribution in [-0.4, -0.2) is 49.9 Å². The van der Waals surface area contributed by atoms with Gasteiger partial charge in [0, 0.05) is 12.5 Å². The maximum atomic E-state index is 11.1. The predicted octanol–water partition coefficient (Wildman–Crippen LogP) is 2.63. The molecule has 0 bridgehead atoms. The first kappa shape index (κ1) is 21.3. The molecular formula is C16H32O5Si. The molecule has 2 unspecified atom stereocenters. The summed E-state index contributed by atoms with van der Waals surface area (Å²) in [7, 11) is -1.88. The second-order valence-corrected chi connectivity index (χ2v) is 11.8. The summed E-state index contributed by atoms with van der Waals surface area (Å²) < 4.78 is 10.7. The monoisotopic (exact) mass is 332 g/mol. The van der Waals surface area contributed by atoms with Gasteiger partial charge in [0.05, 0.1) is 25.4 Å². The van der Waals surface area contributed by atoms with Gasteiger partial charge < -0.3 is 19.4 Å². The first-order valence-electron chi connectivity index (χ1n) is 7.83. The molecule has 0 saturated carbocycles. The van der Waals surface area contributed by atoms with Crippen molar-refractivity contribution in [2.24, 2.45) is 0 Å². The first-order chi connectivity index (χ1) is 9.99. The standard InChI is InChI=1S/C16H32O5Si/c1-7-20-15(19)10-8-9-13(17)11-14(18)12-21-22(5,6)16(2,3)4/h8,10,13-14,17-18H,7,9,11-12H2,1-6H3/b10-8+. The molecular weight excluding hydrogens is 300 g/mol. The Morgan fingerprint density at radius 2 is 1.82 bits per heavy atom. The molecule has 0 rings (SSSR count). The van der Waals surface area contributed by atoms with Crippen molar-refractivity contribution >= 4 is 14.3 Å². The Balaban J connectivity index is 4.11. The highest BCUT2D eigenvalue weighted by molar-refractivity contribution is 6.74. The summed E-state index contributed by atoms with van der Waals surface area (Å²) in [4.78, 5) is 11.1. The highest BCUT2D eigenvalue weighted by Gasteiger charge is 2.37. The van der Waals surface area contributed by atoms with E-state index in [-0.39, 0.29) is 18.1 Å². The molecule has 0 aromatic carbocycles. The minimum atomic E-state index is -1.88. The van der Waals surface area contributed by atoms with E-state index in [0.717, 1.165) is 0 Å². The molecule has 0 saturated heterocycles. The fourth-order valence-corrected chi connectivity index (χ4v) is 2.55. The van der Waals surface area contributed by atoms with Crippen LogP contribution in [0.2, 0.25) is 18.1 Å². The third-order valence-corrected chi connectivity index (χ3v) is 8.44. The van der Waals surface area contributed by atoms with Crippen molar-refractivity contribution in [2.45, 2.75) is 70.9 Å². The molecule has 2 atom stereocenters. The van der Waals surface area contributed by atoms with Gasteiger partial charge in [0.1, 0.15) is 0 Å². The van der Waals surface area contributed by atoms with E-state index in [1.165, 1.54) is 6.08 Å². The van der Waals surface area contributed by atoms with Crippen molar-refractivity contribution in [1.82, 2.24) is 0 Å². The van der Waals surface area contributed by atoms with Crippen molar-refractivity contribution in [3.05, 3.63) is 12.2 Å². The number of carbonyl (C=O) groups is 1. The zero-order valence-electron chi connectivity index (χ0n) is 14.8. The number of hydrogen-bond donors (Lipinski definition) is 2. The van der Waals surface area contributed by atoms with Gasteiger partial charge in [-0.2, -0.15) is 0 Å². The lowest BCUT2D eigenvalue weighted by molar-refractivity contribution is -0.137. The van der Waals surface area contributed by atoms with Crippen molar-refractivity contribution < 1.29 is 24.2 Å². The summed E-state index contributed by atoms with van der Waals surface area (Å²) in [5.41, 5.74) is 0. The summed E-state index contributed by atoms with van der Waals surface area (Å²) in [6, 6.07) is 0. The minimum absolute atomic E-state index is 0.0910. The van der Waals surface area contributed by atoms with Crippen molar-refractivity contribution in [3.8, 4) is 0 Å². The van der Waals surface area contributed by atoms with Crippen LogP contribution in [0, 0.1) is 0 Å². The maximum absolute atomic E-state index is 11.1. The van der Waals surface area contributed by atoms with Gasteiger partial charge in [0.15, 0.2) is 8.32 Å². The highest BCUT2D eigenvalue weighted by atomic mass is 28.4. The number of aliphatic hydroxyl groups excluding tert-OH is 2. The van der Waals surface area contributed by atoms with E-state index < -0.39 is 26.5 Å². The van der Waals surface area contributed by atoms with E-state index in [4.69, 9.17) is 9.16 Å². The van der Waals surface area contributed by atoms with Gasteiger partial charge in [-0.05, 0) is 31.5 Å². The van der Waals surface area contributed by atoms with Gasteiger partial charge in [-0.1, -0.05) is 26.8 Å². The van der Waals surface area contributed by atoms with Gasteiger partial charge in [0.25, 0.3) is 0 Å². The van der Waals surface area contributed by atoms with Gasteiger partial charge in [-0.25, -0.2) is 4.79 Å². The number of ether oxygens (including phenoxy) is 1. The van der Waals surface area contributed by atoms with E-state index in [1.54, 1.807) is 13.0 Å². The molecule has 0 spiro atoms. The molecule has 0 aliphatic rings. The number of aliphatic hydroxyl groups is 2. The van der Waals surface area contributed by atoms with Crippen LogP contribution in [0.3, 0.4) is 0 Å². The van der Waals surface area contributed by atoms with Crippen LogP contribution in [0.4, 0.5) is 0 Å². The van der Waals surface area contributed by atoms with Crippen LogP contribution in [0.15, 0.2) is 12.2 Å². The van der Waals surface area contributed by atoms with Crippen LogP contribution in [0.5, 0.6) is 0 Å². The normalized spacial score (nSPS) is 15.8. The average Bonchev–Trinajstić information content (AvgIpc) is 2.35. The van der Waals surface area contributed by atoms with Crippen LogP contribution in [0.1, 0.15) is 40.5 Å².